The van der Waals surface area contributed by atoms with Gasteiger partial charge in [-0.15, -0.1) is 0 Å². The summed E-state index contributed by atoms with van der Waals surface area (Å²) >= 11 is 0. The summed E-state index contributed by atoms with van der Waals surface area (Å²) in [5.41, 5.74) is 0.712. The minimum atomic E-state index is -0.419. The number of rotatable bonds is 5. The molecule has 2 saturated heterocycles. The van der Waals surface area contributed by atoms with Gasteiger partial charge in [0.15, 0.2) is 0 Å². The van der Waals surface area contributed by atoms with E-state index in [4.69, 9.17) is 4.74 Å². The molecule has 0 bridgehead atoms. The topological polar surface area (TPSA) is 41.6 Å². The Labute approximate surface area is 151 Å². The molecule has 0 radical (unpaired) electrons. The van der Waals surface area contributed by atoms with Crippen LogP contribution in [0.1, 0.15) is 45.1 Å². The molecule has 0 aliphatic carbocycles. The van der Waals surface area contributed by atoms with Crippen LogP contribution in [0.15, 0.2) is 30.3 Å². The van der Waals surface area contributed by atoms with Gasteiger partial charge < -0.3 is 15.0 Å². The molecule has 4 heteroatoms. The number of amides is 1. The highest BCUT2D eigenvalue weighted by molar-refractivity contribution is 5.88. The van der Waals surface area contributed by atoms with Crippen LogP contribution in [-0.2, 0) is 14.9 Å². The molecular weight excluding hydrogens is 312 g/mol. The Bertz CT molecular complexity index is 544. The van der Waals surface area contributed by atoms with Crippen molar-refractivity contribution in [1.29, 1.82) is 0 Å². The molecule has 2 fully saturated rings. The van der Waals surface area contributed by atoms with Crippen molar-refractivity contribution in [2.24, 2.45) is 5.92 Å². The van der Waals surface area contributed by atoms with Crippen LogP contribution >= 0.6 is 0 Å². The molecule has 0 saturated carbocycles. The monoisotopic (exact) mass is 344 g/mol. The van der Waals surface area contributed by atoms with Gasteiger partial charge in [-0.25, -0.2) is 0 Å². The maximum Gasteiger partial charge on any atom is 0.230 e. The molecule has 2 aliphatic rings. The zero-order chi connectivity index (χ0) is 17.7. The molecule has 138 valence electrons. The van der Waals surface area contributed by atoms with E-state index in [-0.39, 0.29) is 5.91 Å². The van der Waals surface area contributed by atoms with Crippen molar-refractivity contribution in [3.63, 3.8) is 0 Å². The van der Waals surface area contributed by atoms with Crippen LogP contribution in [0.4, 0.5) is 0 Å². The van der Waals surface area contributed by atoms with E-state index in [1.165, 1.54) is 12.8 Å². The first-order valence-electron chi connectivity index (χ1n) is 9.77. The Morgan fingerprint density at radius 2 is 1.84 bits per heavy atom. The van der Waals surface area contributed by atoms with Crippen molar-refractivity contribution in [2.45, 2.75) is 51.0 Å². The molecule has 4 nitrogen and oxygen atoms in total. The molecule has 0 spiro atoms. The first kappa shape index (κ1) is 18.4. The average molecular weight is 344 g/mol. The number of nitrogens with one attached hydrogen (secondary N) is 1. The van der Waals surface area contributed by atoms with Crippen molar-refractivity contribution in [3.8, 4) is 0 Å². The highest BCUT2D eigenvalue weighted by atomic mass is 16.5. The molecule has 0 atom stereocenters. The van der Waals surface area contributed by atoms with Crippen molar-refractivity contribution in [3.05, 3.63) is 35.9 Å². The van der Waals surface area contributed by atoms with Crippen LogP contribution in [0.2, 0.25) is 0 Å². The van der Waals surface area contributed by atoms with E-state index in [0.717, 1.165) is 38.0 Å². The van der Waals surface area contributed by atoms with E-state index in [1.807, 2.05) is 18.2 Å². The summed E-state index contributed by atoms with van der Waals surface area (Å²) in [6.07, 6.45) is 3.91. The second-order valence-electron chi connectivity index (χ2n) is 7.84. The zero-order valence-corrected chi connectivity index (χ0v) is 15.7. The third kappa shape index (κ3) is 4.24. The van der Waals surface area contributed by atoms with Crippen LogP contribution < -0.4 is 5.32 Å². The quantitative estimate of drug-likeness (QED) is 0.893. The van der Waals surface area contributed by atoms with Gasteiger partial charge in [0.25, 0.3) is 0 Å². The predicted octanol–water partition coefficient (Wildman–Crippen LogP) is 2.97. The number of carbonyl (C=O) groups excluding carboxylic acids is 1. The normalized spacial score (nSPS) is 22.0. The van der Waals surface area contributed by atoms with Crippen LogP contribution in [0.25, 0.3) is 0 Å². The molecule has 25 heavy (non-hydrogen) atoms. The Morgan fingerprint density at radius 3 is 2.44 bits per heavy atom. The molecule has 0 aromatic heterocycles. The number of hydrogen-bond donors (Lipinski definition) is 1. The largest absolute Gasteiger partial charge is 0.381 e. The van der Waals surface area contributed by atoms with Gasteiger partial charge in [0.2, 0.25) is 5.91 Å². The maximum absolute atomic E-state index is 13.2. The second-order valence-corrected chi connectivity index (χ2v) is 7.84. The molecule has 2 aliphatic heterocycles. The van der Waals surface area contributed by atoms with E-state index < -0.39 is 5.41 Å². The summed E-state index contributed by atoms with van der Waals surface area (Å²) in [6.45, 7) is 8.95. The molecule has 3 rings (SSSR count). The highest BCUT2D eigenvalue weighted by Crippen LogP contribution is 2.35. The van der Waals surface area contributed by atoms with E-state index in [1.54, 1.807) is 0 Å². The third-order valence-corrected chi connectivity index (χ3v) is 6.04. The van der Waals surface area contributed by atoms with Crippen LogP contribution in [0, 0.1) is 5.92 Å². The van der Waals surface area contributed by atoms with Crippen molar-refractivity contribution in [2.75, 3.05) is 32.8 Å². The van der Waals surface area contributed by atoms with E-state index in [0.29, 0.717) is 25.2 Å². The third-order valence-electron chi connectivity index (χ3n) is 6.04. The van der Waals surface area contributed by atoms with Gasteiger partial charge in [-0.3, -0.25) is 4.79 Å². The summed E-state index contributed by atoms with van der Waals surface area (Å²) in [6, 6.07) is 10.9. The fourth-order valence-electron chi connectivity index (χ4n) is 4.20. The standard InChI is InChI=1S/C21H32N2O2/c1-17(2)23-12-8-18(9-13-23)16-22-20(24)21(10-14-25-15-11-21)19-6-4-3-5-7-19/h3-7,17-18H,8-16H2,1-2H3,(H,22,24). The minimum Gasteiger partial charge on any atom is -0.381 e. The van der Waals surface area contributed by atoms with Crippen molar-refractivity contribution >= 4 is 5.91 Å². The molecule has 1 aromatic rings. The molecule has 1 aromatic carbocycles. The Morgan fingerprint density at radius 1 is 1.20 bits per heavy atom. The van der Waals surface area contributed by atoms with Crippen molar-refractivity contribution < 1.29 is 9.53 Å². The summed E-state index contributed by atoms with van der Waals surface area (Å²) in [4.78, 5) is 15.7. The number of ether oxygens (including phenoxy) is 1. The van der Waals surface area contributed by atoms with Gasteiger partial charge in [0.05, 0.1) is 5.41 Å². The van der Waals surface area contributed by atoms with Crippen LogP contribution in [-0.4, -0.2) is 49.7 Å². The summed E-state index contributed by atoms with van der Waals surface area (Å²) in [5.74, 6) is 0.792. The number of benzene rings is 1. The molecule has 0 unspecified atom stereocenters. The number of carbonyl (C=O) groups is 1. The van der Waals surface area contributed by atoms with Crippen LogP contribution in [0.5, 0.6) is 0 Å². The summed E-state index contributed by atoms with van der Waals surface area (Å²) < 4.78 is 5.54. The number of nitrogens with zero attached hydrogens (tertiary/aromatic N) is 1. The van der Waals surface area contributed by atoms with Gasteiger partial charge in [0, 0.05) is 25.8 Å². The maximum atomic E-state index is 13.2. The molecule has 1 N–H and O–H groups in total. The van der Waals surface area contributed by atoms with Crippen LogP contribution in [0.3, 0.4) is 0 Å². The van der Waals surface area contributed by atoms with Gasteiger partial charge >= 0.3 is 0 Å². The fourth-order valence-corrected chi connectivity index (χ4v) is 4.20. The summed E-state index contributed by atoms with van der Waals surface area (Å²) in [5, 5.41) is 3.29. The minimum absolute atomic E-state index is 0.188. The van der Waals surface area contributed by atoms with Crippen molar-refractivity contribution in [1.82, 2.24) is 10.2 Å². The lowest BCUT2D eigenvalue weighted by atomic mass is 9.73. The summed E-state index contributed by atoms with van der Waals surface area (Å²) in [7, 11) is 0. The lowest BCUT2D eigenvalue weighted by Crippen LogP contribution is -2.50. The number of piperidine rings is 1. The zero-order valence-electron chi connectivity index (χ0n) is 15.7. The smallest absolute Gasteiger partial charge is 0.230 e. The fraction of sp³-hybridized carbons (Fsp3) is 0.667. The van der Waals surface area contributed by atoms with E-state index in [9.17, 15) is 4.79 Å². The van der Waals surface area contributed by atoms with Gasteiger partial charge in [0.1, 0.15) is 0 Å². The second kappa shape index (κ2) is 8.33. The Balaban J connectivity index is 1.60. The molecule has 1 amide bonds. The molecular formula is C21H32N2O2. The van der Waals surface area contributed by atoms with E-state index >= 15 is 0 Å². The Hall–Kier alpha value is -1.39. The lowest BCUT2D eigenvalue weighted by molar-refractivity contribution is -0.130. The van der Waals surface area contributed by atoms with E-state index in [2.05, 4.69) is 36.2 Å². The first-order valence-corrected chi connectivity index (χ1v) is 9.77. The van der Waals surface area contributed by atoms with Gasteiger partial charge in [-0.1, -0.05) is 30.3 Å². The number of hydrogen-bond acceptors (Lipinski definition) is 3. The number of likely N-dealkylation sites (tertiary alicyclic amines) is 1. The first-order chi connectivity index (χ1) is 12.1. The Kier molecular flexibility index (Phi) is 6.13. The van der Waals surface area contributed by atoms with Gasteiger partial charge in [-0.05, 0) is 64.1 Å². The molecule has 2 heterocycles. The highest BCUT2D eigenvalue weighted by Gasteiger charge is 2.41. The van der Waals surface area contributed by atoms with Gasteiger partial charge in [-0.2, -0.15) is 0 Å². The predicted molar refractivity (Wildman–Crippen MR) is 101 cm³/mol. The average Bonchev–Trinajstić information content (AvgIpc) is 2.67. The SMILES string of the molecule is CC(C)N1CCC(CNC(=O)C2(c3ccccc3)CCOCC2)CC1. The lowest BCUT2D eigenvalue weighted by Gasteiger charge is -2.38.